The number of nitro groups is 1. The summed E-state index contributed by atoms with van der Waals surface area (Å²) in [5, 5.41) is 10.4. The Bertz CT molecular complexity index is 421. The predicted octanol–water partition coefficient (Wildman–Crippen LogP) is 3.98. The van der Waals surface area contributed by atoms with Gasteiger partial charge in [0.05, 0.1) is 10.5 Å². The summed E-state index contributed by atoms with van der Waals surface area (Å²) < 4.78 is 37.2. The highest BCUT2D eigenvalue weighted by Crippen LogP contribution is 2.39. The van der Waals surface area contributed by atoms with E-state index in [0.29, 0.717) is 6.07 Å². The zero-order valence-corrected chi connectivity index (χ0v) is 10.6. The van der Waals surface area contributed by atoms with Crippen LogP contribution in [0.5, 0.6) is 0 Å². The molecule has 0 aliphatic heterocycles. The van der Waals surface area contributed by atoms with Gasteiger partial charge in [-0.2, -0.15) is 13.2 Å². The molecule has 1 aromatic rings. The van der Waals surface area contributed by atoms with E-state index in [1.165, 1.54) is 0 Å². The molecule has 3 nitrogen and oxygen atoms in total. The fraction of sp³-hybridized carbons (Fsp3) is 0.143. The van der Waals surface area contributed by atoms with E-state index in [4.69, 9.17) is 0 Å². The van der Waals surface area contributed by atoms with E-state index in [0.717, 1.165) is 6.07 Å². The van der Waals surface area contributed by atoms with Crippen LogP contribution in [-0.4, -0.2) is 4.92 Å². The number of alkyl halides is 3. The Labute approximate surface area is 104 Å². The van der Waals surface area contributed by atoms with E-state index >= 15 is 0 Å². The lowest BCUT2D eigenvalue weighted by molar-refractivity contribution is -0.385. The highest BCUT2D eigenvalue weighted by Gasteiger charge is 2.35. The zero-order chi connectivity index (χ0) is 11.8. The summed E-state index contributed by atoms with van der Waals surface area (Å²) in [7, 11) is 0. The lowest BCUT2D eigenvalue weighted by atomic mass is 10.2. The first-order valence-corrected chi connectivity index (χ1v) is 5.31. The molecule has 0 saturated heterocycles. The Morgan fingerprint density at radius 3 is 2.33 bits per heavy atom. The molecule has 1 aromatic carbocycles. The number of rotatable bonds is 1. The lowest BCUT2D eigenvalue weighted by Gasteiger charge is -2.09. The minimum atomic E-state index is -4.61. The van der Waals surface area contributed by atoms with Crippen LogP contribution in [0.15, 0.2) is 16.6 Å². The molecule has 0 aromatic heterocycles. The quantitative estimate of drug-likeness (QED) is 0.410. The van der Waals surface area contributed by atoms with Crippen molar-refractivity contribution in [3.05, 3.63) is 35.9 Å². The van der Waals surface area contributed by atoms with Crippen LogP contribution in [0.3, 0.4) is 0 Å². The largest absolute Gasteiger partial charge is 0.417 e. The van der Waals surface area contributed by atoms with E-state index in [-0.39, 0.29) is 8.04 Å². The number of hydrogen-bond donors (Lipinski definition) is 0. The Balaban J connectivity index is 3.45. The molecule has 0 N–H and O–H groups in total. The predicted molar refractivity (Wildman–Crippen MR) is 58.5 cm³/mol. The Morgan fingerprint density at radius 2 is 1.93 bits per heavy atom. The summed E-state index contributed by atoms with van der Waals surface area (Å²) in [5.74, 6) is 0. The van der Waals surface area contributed by atoms with E-state index in [9.17, 15) is 23.3 Å². The molecule has 0 heterocycles. The first kappa shape index (κ1) is 12.7. The molecule has 0 spiro atoms. The SMILES string of the molecule is O=[N+]([O-])c1cc(I)c(Br)c(C(F)(F)F)c1. The Morgan fingerprint density at radius 1 is 1.40 bits per heavy atom. The van der Waals surface area contributed by atoms with Crippen LogP contribution in [0.2, 0.25) is 0 Å². The smallest absolute Gasteiger partial charge is 0.258 e. The molecule has 8 heteroatoms. The van der Waals surface area contributed by atoms with Crippen molar-refractivity contribution in [2.45, 2.75) is 6.18 Å². The third-order valence-corrected chi connectivity index (χ3v) is 3.98. The van der Waals surface area contributed by atoms with Crippen molar-refractivity contribution in [1.82, 2.24) is 0 Å². The molecular formula is C7H2BrF3INO2. The van der Waals surface area contributed by atoms with E-state index in [1.54, 1.807) is 22.6 Å². The van der Waals surface area contributed by atoms with Crippen LogP contribution in [0.1, 0.15) is 5.56 Å². The minimum absolute atomic E-state index is 0.147. The first-order chi connectivity index (χ1) is 6.73. The maximum Gasteiger partial charge on any atom is 0.417 e. The molecule has 0 aliphatic rings. The number of halogens is 5. The molecular weight excluding hydrogens is 394 g/mol. The van der Waals surface area contributed by atoms with Crippen molar-refractivity contribution < 1.29 is 18.1 Å². The van der Waals surface area contributed by atoms with Crippen LogP contribution in [0, 0.1) is 13.7 Å². The zero-order valence-electron chi connectivity index (χ0n) is 6.81. The molecule has 0 atom stereocenters. The fourth-order valence-electron chi connectivity index (χ4n) is 0.886. The lowest BCUT2D eigenvalue weighted by Crippen LogP contribution is -2.07. The maximum absolute atomic E-state index is 12.4. The van der Waals surface area contributed by atoms with Gasteiger partial charge in [0.15, 0.2) is 0 Å². The van der Waals surface area contributed by atoms with Crippen molar-refractivity contribution in [3.8, 4) is 0 Å². The molecule has 0 amide bonds. The highest BCUT2D eigenvalue weighted by atomic mass is 127. The summed E-state index contributed by atoms with van der Waals surface area (Å²) in [4.78, 5) is 9.51. The molecule has 1 rings (SSSR count). The third-order valence-electron chi connectivity index (χ3n) is 1.53. The van der Waals surface area contributed by atoms with Gasteiger partial charge >= 0.3 is 6.18 Å². The van der Waals surface area contributed by atoms with Crippen LogP contribution < -0.4 is 0 Å². The second-order valence-corrected chi connectivity index (χ2v) is 4.50. The van der Waals surface area contributed by atoms with Gasteiger partial charge in [-0.25, -0.2) is 0 Å². The summed E-state index contributed by atoms with van der Waals surface area (Å²) in [5.41, 5.74) is -1.61. The standard InChI is InChI=1S/C7H2BrF3INO2/c8-6-4(7(9,10)11)1-3(13(14)15)2-5(6)12/h1-2H. The van der Waals surface area contributed by atoms with Crippen LogP contribution in [0.25, 0.3) is 0 Å². The van der Waals surface area contributed by atoms with Crippen LogP contribution in [-0.2, 0) is 6.18 Å². The van der Waals surface area contributed by atoms with Crippen molar-refractivity contribution in [1.29, 1.82) is 0 Å². The second-order valence-electron chi connectivity index (χ2n) is 2.54. The van der Waals surface area contributed by atoms with E-state index in [1.807, 2.05) is 0 Å². The maximum atomic E-state index is 12.4. The molecule has 15 heavy (non-hydrogen) atoms. The topological polar surface area (TPSA) is 43.1 Å². The molecule has 0 unspecified atom stereocenters. The molecule has 82 valence electrons. The van der Waals surface area contributed by atoms with Crippen LogP contribution >= 0.6 is 38.5 Å². The average Bonchev–Trinajstić information content (AvgIpc) is 2.06. The van der Waals surface area contributed by atoms with Gasteiger partial charge in [0.2, 0.25) is 0 Å². The van der Waals surface area contributed by atoms with Crippen molar-refractivity contribution in [2.24, 2.45) is 0 Å². The van der Waals surface area contributed by atoms with Gasteiger partial charge in [-0.15, -0.1) is 0 Å². The first-order valence-electron chi connectivity index (χ1n) is 3.44. The molecule has 0 aliphatic carbocycles. The molecule has 0 fully saturated rings. The number of non-ortho nitro benzene ring substituents is 1. The summed E-state index contributed by atoms with van der Waals surface area (Å²) >= 11 is 4.35. The fourth-order valence-corrected chi connectivity index (χ4v) is 1.95. The number of nitro benzene ring substituents is 1. The number of nitrogens with zero attached hydrogens (tertiary/aromatic N) is 1. The van der Waals surface area contributed by atoms with Gasteiger partial charge in [0.1, 0.15) is 0 Å². The average molecular weight is 396 g/mol. The number of benzene rings is 1. The van der Waals surface area contributed by atoms with Gasteiger partial charge in [-0.05, 0) is 38.5 Å². The van der Waals surface area contributed by atoms with Crippen molar-refractivity contribution in [2.75, 3.05) is 0 Å². The van der Waals surface area contributed by atoms with Gasteiger partial charge < -0.3 is 0 Å². The summed E-state index contributed by atoms with van der Waals surface area (Å²) in [6.07, 6.45) is -4.61. The monoisotopic (exact) mass is 395 g/mol. The van der Waals surface area contributed by atoms with E-state index in [2.05, 4.69) is 15.9 Å². The van der Waals surface area contributed by atoms with Crippen LogP contribution in [0.4, 0.5) is 18.9 Å². The summed E-state index contributed by atoms with van der Waals surface area (Å²) in [6.45, 7) is 0. The van der Waals surface area contributed by atoms with Gasteiger partial charge in [-0.1, -0.05) is 0 Å². The van der Waals surface area contributed by atoms with Crippen molar-refractivity contribution >= 4 is 44.2 Å². The van der Waals surface area contributed by atoms with Gasteiger partial charge in [0, 0.05) is 20.2 Å². The molecule has 0 saturated carbocycles. The molecule has 0 bridgehead atoms. The van der Waals surface area contributed by atoms with E-state index < -0.39 is 22.4 Å². The van der Waals surface area contributed by atoms with Crippen molar-refractivity contribution in [3.63, 3.8) is 0 Å². The Kier molecular flexibility index (Phi) is 3.59. The normalized spacial score (nSPS) is 11.5. The Hall–Kier alpha value is -0.380. The highest BCUT2D eigenvalue weighted by molar-refractivity contribution is 14.1. The summed E-state index contributed by atoms with van der Waals surface area (Å²) in [6, 6.07) is 1.58. The third kappa shape index (κ3) is 2.80. The number of hydrogen-bond acceptors (Lipinski definition) is 2. The van der Waals surface area contributed by atoms with Gasteiger partial charge in [0.25, 0.3) is 5.69 Å². The van der Waals surface area contributed by atoms with Gasteiger partial charge in [-0.3, -0.25) is 10.1 Å². The second kappa shape index (κ2) is 4.24. The molecule has 0 radical (unpaired) electrons. The minimum Gasteiger partial charge on any atom is -0.258 e.